The van der Waals surface area contributed by atoms with E-state index in [4.69, 9.17) is 9.47 Å². The number of carbonyl (C=O) groups excluding carboxylic acids is 3. The largest absolute Gasteiger partial charge is 0.493 e. The molecule has 1 N–H and O–H groups in total. The number of urea groups is 1. The molecule has 8 nitrogen and oxygen atoms in total. The van der Waals surface area contributed by atoms with Gasteiger partial charge in [-0.15, -0.1) is 0 Å². The first kappa shape index (κ1) is 21.9. The van der Waals surface area contributed by atoms with Crippen LogP contribution in [-0.4, -0.2) is 60.5 Å². The third-order valence-electron chi connectivity index (χ3n) is 5.96. The quantitative estimate of drug-likeness (QED) is 0.657. The van der Waals surface area contributed by atoms with E-state index < -0.39 is 11.6 Å². The number of amides is 4. The number of nitrogens with one attached hydrogen (secondary N) is 1. The molecule has 1 aromatic rings. The van der Waals surface area contributed by atoms with Crippen molar-refractivity contribution in [3.63, 3.8) is 0 Å². The molecule has 164 valence electrons. The molecule has 0 atom stereocenters. The SMILES string of the molecule is CCCC1(CCC)NC(=O)N(CC(=O)N2CCc3cc(OC)c(OC)cc3C2)C1=O. The van der Waals surface area contributed by atoms with Crippen LogP contribution in [0, 0.1) is 0 Å². The van der Waals surface area contributed by atoms with Gasteiger partial charge in [0.1, 0.15) is 12.1 Å². The van der Waals surface area contributed by atoms with Crippen molar-refractivity contribution in [1.82, 2.24) is 15.1 Å². The number of methoxy groups -OCH3 is 2. The van der Waals surface area contributed by atoms with Crippen LogP contribution in [0.25, 0.3) is 0 Å². The van der Waals surface area contributed by atoms with E-state index >= 15 is 0 Å². The van der Waals surface area contributed by atoms with Crippen LogP contribution in [0.4, 0.5) is 4.79 Å². The maximum Gasteiger partial charge on any atom is 0.325 e. The lowest BCUT2D eigenvalue weighted by molar-refractivity contribution is -0.139. The molecule has 1 saturated heterocycles. The number of hydrogen-bond acceptors (Lipinski definition) is 5. The molecule has 3 rings (SSSR count). The van der Waals surface area contributed by atoms with Crippen LogP contribution in [0.3, 0.4) is 0 Å². The summed E-state index contributed by atoms with van der Waals surface area (Å²) >= 11 is 0. The van der Waals surface area contributed by atoms with E-state index in [2.05, 4.69) is 5.32 Å². The fourth-order valence-electron chi connectivity index (χ4n) is 4.47. The molecule has 8 heteroatoms. The molecule has 0 saturated carbocycles. The first-order chi connectivity index (χ1) is 14.4. The molecule has 2 aliphatic rings. The Morgan fingerprint density at radius 2 is 1.67 bits per heavy atom. The van der Waals surface area contributed by atoms with Crippen LogP contribution >= 0.6 is 0 Å². The van der Waals surface area contributed by atoms with Gasteiger partial charge in [0.15, 0.2) is 11.5 Å². The van der Waals surface area contributed by atoms with Crippen LogP contribution in [-0.2, 0) is 22.6 Å². The Labute approximate surface area is 177 Å². The number of carbonyl (C=O) groups is 3. The van der Waals surface area contributed by atoms with Crippen molar-refractivity contribution in [3.05, 3.63) is 23.3 Å². The Hall–Kier alpha value is -2.77. The van der Waals surface area contributed by atoms with Crippen molar-refractivity contribution < 1.29 is 23.9 Å². The zero-order valence-electron chi connectivity index (χ0n) is 18.2. The first-order valence-electron chi connectivity index (χ1n) is 10.5. The summed E-state index contributed by atoms with van der Waals surface area (Å²) in [6.45, 7) is 4.67. The van der Waals surface area contributed by atoms with Gasteiger partial charge in [0, 0.05) is 13.1 Å². The van der Waals surface area contributed by atoms with Gasteiger partial charge < -0.3 is 19.7 Å². The molecule has 1 fully saturated rings. The third kappa shape index (κ3) is 3.95. The van der Waals surface area contributed by atoms with Gasteiger partial charge in [0.25, 0.3) is 5.91 Å². The number of imide groups is 1. The molecule has 0 aromatic heterocycles. The van der Waals surface area contributed by atoms with E-state index in [1.165, 1.54) is 0 Å². The summed E-state index contributed by atoms with van der Waals surface area (Å²) < 4.78 is 10.7. The molecular formula is C22H31N3O5. The Balaban J connectivity index is 1.73. The summed E-state index contributed by atoms with van der Waals surface area (Å²) in [6, 6.07) is 3.35. The number of nitrogens with zero attached hydrogens (tertiary/aromatic N) is 2. The number of hydrogen-bond donors (Lipinski definition) is 1. The Morgan fingerprint density at radius 3 is 2.23 bits per heavy atom. The molecule has 2 heterocycles. The van der Waals surface area contributed by atoms with Gasteiger partial charge in [-0.2, -0.15) is 0 Å². The molecule has 0 radical (unpaired) electrons. The predicted octanol–water partition coefficient (Wildman–Crippen LogP) is 2.48. The highest BCUT2D eigenvalue weighted by Gasteiger charge is 2.50. The van der Waals surface area contributed by atoms with E-state index in [1.807, 2.05) is 26.0 Å². The second kappa shape index (κ2) is 8.93. The van der Waals surface area contributed by atoms with Gasteiger partial charge >= 0.3 is 6.03 Å². The van der Waals surface area contributed by atoms with E-state index in [-0.39, 0.29) is 18.4 Å². The Bertz CT molecular complexity index is 832. The lowest BCUT2D eigenvalue weighted by Gasteiger charge is -2.31. The first-order valence-corrected chi connectivity index (χ1v) is 10.5. The molecule has 4 amide bonds. The van der Waals surface area contributed by atoms with Crippen LogP contribution in [0.5, 0.6) is 11.5 Å². The smallest absolute Gasteiger partial charge is 0.325 e. The van der Waals surface area contributed by atoms with E-state index in [9.17, 15) is 14.4 Å². The Morgan fingerprint density at radius 1 is 1.07 bits per heavy atom. The highest BCUT2D eigenvalue weighted by Crippen LogP contribution is 2.33. The molecular weight excluding hydrogens is 386 g/mol. The summed E-state index contributed by atoms with van der Waals surface area (Å²) in [5, 5.41) is 2.86. The van der Waals surface area contributed by atoms with Crippen LogP contribution in [0.15, 0.2) is 12.1 Å². The summed E-state index contributed by atoms with van der Waals surface area (Å²) in [5.41, 5.74) is 1.21. The monoisotopic (exact) mass is 417 g/mol. The summed E-state index contributed by atoms with van der Waals surface area (Å²) in [4.78, 5) is 41.3. The molecule has 0 unspecified atom stereocenters. The second-order valence-corrected chi connectivity index (χ2v) is 7.94. The lowest BCUT2D eigenvalue weighted by Crippen LogP contribution is -2.48. The average Bonchev–Trinajstić information content (AvgIpc) is 2.96. The van der Waals surface area contributed by atoms with Crippen molar-refractivity contribution in [2.24, 2.45) is 0 Å². The third-order valence-corrected chi connectivity index (χ3v) is 5.96. The minimum Gasteiger partial charge on any atom is -0.493 e. The number of benzene rings is 1. The van der Waals surface area contributed by atoms with Gasteiger partial charge in [0.2, 0.25) is 5.91 Å². The van der Waals surface area contributed by atoms with Gasteiger partial charge in [-0.05, 0) is 42.5 Å². The molecule has 2 aliphatic heterocycles. The van der Waals surface area contributed by atoms with Crippen LogP contribution in [0.1, 0.15) is 50.7 Å². The zero-order valence-corrected chi connectivity index (χ0v) is 18.2. The fourth-order valence-corrected chi connectivity index (χ4v) is 4.47. The van der Waals surface area contributed by atoms with E-state index in [0.29, 0.717) is 43.9 Å². The summed E-state index contributed by atoms with van der Waals surface area (Å²) in [7, 11) is 3.17. The van der Waals surface area contributed by atoms with E-state index in [0.717, 1.165) is 28.9 Å². The molecule has 1 aromatic carbocycles. The van der Waals surface area contributed by atoms with Gasteiger partial charge in [0.05, 0.1) is 14.2 Å². The van der Waals surface area contributed by atoms with Crippen molar-refractivity contribution in [2.75, 3.05) is 27.3 Å². The number of fused-ring (bicyclic) bond motifs is 1. The van der Waals surface area contributed by atoms with Crippen molar-refractivity contribution in [2.45, 2.75) is 58.0 Å². The normalized spacial score (nSPS) is 17.6. The molecule has 0 aliphatic carbocycles. The van der Waals surface area contributed by atoms with Crippen LogP contribution in [0.2, 0.25) is 0 Å². The standard InChI is InChI=1S/C22H31N3O5/c1-5-8-22(9-6-2)20(27)25(21(28)23-22)14-19(26)24-10-7-15-11-17(29-3)18(30-4)12-16(15)13-24/h11-12H,5-10,13-14H2,1-4H3,(H,23,28). The fraction of sp³-hybridized carbons (Fsp3) is 0.591. The zero-order chi connectivity index (χ0) is 21.9. The molecule has 30 heavy (non-hydrogen) atoms. The topological polar surface area (TPSA) is 88.2 Å². The van der Waals surface area contributed by atoms with Crippen LogP contribution < -0.4 is 14.8 Å². The van der Waals surface area contributed by atoms with Crippen molar-refractivity contribution >= 4 is 17.8 Å². The van der Waals surface area contributed by atoms with Crippen molar-refractivity contribution in [3.8, 4) is 11.5 Å². The van der Waals surface area contributed by atoms with Crippen molar-refractivity contribution in [1.29, 1.82) is 0 Å². The lowest BCUT2D eigenvalue weighted by atomic mass is 9.88. The number of ether oxygens (including phenoxy) is 2. The number of rotatable bonds is 8. The highest BCUT2D eigenvalue weighted by molar-refractivity contribution is 6.09. The maximum atomic E-state index is 13.0. The maximum absolute atomic E-state index is 13.0. The predicted molar refractivity (Wildman–Crippen MR) is 111 cm³/mol. The average molecular weight is 418 g/mol. The second-order valence-electron chi connectivity index (χ2n) is 7.94. The van der Waals surface area contributed by atoms with Gasteiger partial charge in [-0.3, -0.25) is 14.5 Å². The molecule has 0 spiro atoms. The summed E-state index contributed by atoms with van der Waals surface area (Å²) in [6.07, 6.45) is 3.39. The van der Waals surface area contributed by atoms with Gasteiger partial charge in [-0.25, -0.2) is 4.79 Å². The highest BCUT2D eigenvalue weighted by atomic mass is 16.5. The van der Waals surface area contributed by atoms with Gasteiger partial charge in [-0.1, -0.05) is 26.7 Å². The minimum absolute atomic E-state index is 0.234. The van der Waals surface area contributed by atoms with E-state index in [1.54, 1.807) is 19.1 Å². The molecule has 0 bridgehead atoms. The minimum atomic E-state index is -0.876. The summed E-state index contributed by atoms with van der Waals surface area (Å²) in [5.74, 6) is 0.762. The Kier molecular flexibility index (Phi) is 6.53.